The van der Waals surface area contributed by atoms with E-state index in [-0.39, 0.29) is 12.3 Å². The zero-order valence-corrected chi connectivity index (χ0v) is 19.2. The summed E-state index contributed by atoms with van der Waals surface area (Å²) < 4.78 is 27.3. The maximum absolute atomic E-state index is 12.5. The summed E-state index contributed by atoms with van der Waals surface area (Å²) in [6, 6.07) is 9.22. The molecule has 0 aromatic heterocycles. The SMILES string of the molecule is COc1cc(CNC(=O)Cc2cc(OC)c(OC)c(OC)c2)ccc1OCCC(C)C. The van der Waals surface area contributed by atoms with Crippen molar-refractivity contribution < 1.29 is 28.5 Å². The first kappa shape index (κ1) is 24.2. The summed E-state index contributed by atoms with van der Waals surface area (Å²) in [4.78, 5) is 12.5. The van der Waals surface area contributed by atoms with Crippen molar-refractivity contribution in [3.8, 4) is 28.7 Å². The summed E-state index contributed by atoms with van der Waals surface area (Å²) in [6.45, 7) is 5.33. The maximum Gasteiger partial charge on any atom is 0.224 e. The van der Waals surface area contributed by atoms with E-state index < -0.39 is 0 Å². The molecule has 0 saturated heterocycles. The molecule has 170 valence electrons. The molecule has 0 aliphatic carbocycles. The van der Waals surface area contributed by atoms with E-state index in [0.29, 0.717) is 47.8 Å². The number of rotatable bonds is 12. The van der Waals surface area contributed by atoms with Crippen LogP contribution in [0.15, 0.2) is 30.3 Å². The summed E-state index contributed by atoms with van der Waals surface area (Å²) in [6.07, 6.45) is 1.16. The van der Waals surface area contributed by atoms with Crippen molar-refractivity contribution in [2.45, 2.75) is 33.2 Å². The molecule has 0 aliphatic heterocycles. The van der Waals surface area contributed by atoms with Crippen molar-refractivity contribution in [2.24, 2.45) is 5.92 Å². The molecule has 1 amide bonds. The minimum absolute atomic E-state index is 0.120. The molecule has 0 spiro atoms. The van der Waals surface area contributed by atoms with Gasteiger partial charge in [0.05, 0.1) is 41.5 Å². The van der Waals surface area contributed by atoms with Crippen molar-refractivity contribution in [3.63, 3.8) is 0 Å². The van der Waals surface area contributed by atoms with Gasteiger partial charge in [0.1, 0.15) is 0 Å². The number of hydrogen-bond donors (Lipinski definition) is 1. The van der Waals surface area contributed by atoms with E-state index in [2.05, 4.69) is 19.2 Å². The monoisotopic (exact) mass is 431 g/mol. The minimum Gasteiger partial charge on any atom is -0.493 e. The highest BCUT2D eigenvalue weighted by Crippen LogP contribution is 2.38. The number of methoxy groups -OCH3 is 4. The predicted octanol–water partition coefficient (Wildman–Crippen LogP) is 4.00. The summed E-state index contributed by atoms with van der Waals surface area (Å²) in [5, 5.41) is 2.93. The second-order valence-electron chi connectivity index (χ2n) is 7.50. The summed E-state index contributed by atoms with van der Waals surface area (Å²) in [7, 11) is 6.24. The Hall–Kier alpha value is -3.09. The molecule has 0 bridgehead atoms. The molecular formula is C24H33NO6. The lowest BCUT2D eigenvalue weighted by molar-refractivity contribution is -0.120. The highest BCUT2D eigenvalue weighted by atomic mass is 16.5. The number of amides is 1. The molecule has 0 radical (unpaired) electrons. The van der Waals surface area contributed by atoms with Gasteiger partial charge in [-0.3, -0.25) is 4.79 Å². The molecule has 7 nitrogen and oxygen atoms in total. The van der Waals surface area contributed by atoms with Gasteiger partial charge >= 0.3 is 0 Å². The zero-order valence-electron chi connectivity index (χ0n) is 19.2. The summed E-state index contributed by atoms with van der Waals surface area (Å²) >= 11 is 0. The molecule has 0 saturated carbocycles. The molecule has 0 aliphatic rings. The van der Waals surface area contributed by atoms with Gasteiger partial charge in [-0.25, -0.2) is 0 Å². The van der Waals surface area contributed by atoms with Crippen LogP contribution in [0.3, 0.4) is 0 Å². The van der Waals surface area contributed by atoms with Gasteiger partial charge in [0, 0.05) is 6.54 Å². The minimum atomic E-state index is -0.120. The lowest BCUT2D eigenvalue weighted by atomic mass is 10.1. The average Bonchev–Trinajstić information content (AvgIpc) is 2.77. The fourth-order valence-corrected chi connectivity index (χ4v) is 3.03. The van der Waals surface area contributed by atoms with Gasteiger partial charge in [-0.1, -0.05) is 19.9 Å². The Kier molecular flexibility index (Phi) is 9.31. The van der Waals surface area contributed by atoms with Crippen LogP contribution in [0, 0.1) is 5.92 Å². The van der Waals surface area contributed by atoms with Crippen LogP contribution < -0.4 is 29.0 Å². The van der Waals surface area contributed by atoms with Crippen LogP contribution in [-0.2, 0) is 17.8 Å². The van der Waals surface area contributed by atoms with Gasteiger partial charge in [-0.15, -0.1) is 0 Å². The van der Waals surface area contributed by atoms with Crippen LogP contribution in [-0.4, -0.2) is 41.0 Å². The third kappa shape index (κ3) is 6.98. The first-order chi connectivity index (χ1) is 14.9. The molecule has 31 heavy (non-hydrogen) atoms. The van der Waals surface area contributed by atoms with E-state index >= 15 is 0 Å². The topological polar surface area (TPSA) is 75.3 Å². The molecule has 0 atom stereocenters. The van der Waals surface area contributed by atoms with Gasteiger partial charge in [0.15, 0.2) is 23.0 Å². The Balaban J connectivity index is 1.99. The Morgan fingerprint density at radius 2 is 1.45 bits per heavy atom. The number of ether oxygens (including phenoxy) is 5. The van der Waals surface area contributed by atoms with Crippen molar-refractivity contribution in [1.82, 2.24) is 5.32 Å². The second kappa shape index (κ2) is 11.9. The van der Waals surface area contributed by atoms with E-state index in [9.17, 15) is 4.79 Å². The van der Waals surface area contributed by atoms with E-state index in [1.807, 2.05) is 18.2 Å². The number of hydrogen-bond acceptors (Lipinski definition) is 6. The highest BCUT2D eigenvalue weighted by molar-refractivity contribution is 5.79. The van der Waals surface area contributed by atoms with E-state index in [1.54, 1.807) is 40.6 Å². The largest absolute Gasteiger partial charge is 0.493 e. The smallest absolute Gasteiger partial charge is 0.224 e. The second-order valence-corrected chi connectivity index (χ2v) is 7.50. The van der Waals surface area contributed by atoms with Crippen molar-refractivity contribution in [2.75, 3.05) is 35.0 Å². The lowest BCUT2D eigenvalue weighted by Gasteiger charge is -2.15. The van der Waals surface area contributed by atoms with Crippen molar-refractivity contribution in [3.05, 3.63) is 41.5 Å². The molecule has 0 unspecified atom stereocenters. The molecule has 1 N–H and O–H groups in total. The van der Waals surface area contributed by atoms with Gasteiger partial charge in [0.2, 0.25) is 11.7 Å². The Morgan fingerprint density at radius 1 is 0.839 bits per heavy atom. The summed E-state index contributed by atoms with van der Waals surface area (Å²) in [5.41, 5.74) is 1.68. The lowest BCUT2D eigenvalue weighted by Crippen LogP contribution is -2.24. The molecule has 2 aromatic carbocycles. The highest BCUT2D eigenvalue weighted by Gasteiger charge is 2.15. The van der Waals surface area contributed by atoms with Crippen LogP contribution in [0.2, 0.25) is 0 Å². The van der Waals surface area contributed by atoms with Gasteiger partial charge < -0.3 is 29.0 Å². The zero-order chi connectivity index (χ0) is 22.8. The normalized spacial score (nSPS) is 10.5. The number of carbonyl (C=O) groups is 1. The van der Waals surface area contributed by atoms with Crippen LogP contribution in [0.4, 0.5) is 0 Å². The van der Waals surface area contributed by atoms with Gasteiger partial charge in [0.25, 0.3) is 0 Å². The van der Waals surface area contributed by atoms with Gasteiger partial charge in [-0.2, -0.15) is 0 Å². The average molecular weight is 432 g/mol. The van der Waals surface area contributed by atoms with Crippen LogP contribution in [0.25, 0.3) is 0 Å². The Bertz CT molecular complexity index is 840. The fraction of sp³-hybridized carbons (Fsp3) is 0.458. The Morgan fingerprint density at radius 3 is 2.00 bits per heavy atom. The molecule has 7 heteroatoms. The molecule has 0 heterocycles. The quantitative estimate of drug-likeness (QED) is 0.547. The van der Waals surface area contributed by atoms with E-state index in [4.69, 9.17) is 23.7 Å². The Labute approximate surface area is 184 Å². The maximum atomic E-state index is 12.5. The first-order valence-electron chi connectivity index (χ1n) is 10.3. The van der Waals surface area contributed by atoms with Crippen LogP contribution in [0.5, 0.6) is 28.7 Å². The third-order valence-corrected chi connectivity index (χ3v) is 4.76. The number of carbonyl (C=O) groups excluding carboxylic acids is 1. The van der Waals surface area contributed by atoms with E-state index in [0.717, 1.165) is 17.5 Å². The fourth-order valence-electron chi connectivity index (χ4n) is 3.03. The van der Waals surface area contributed by atoms with Crippen LogP contribution >= 0.6 is 0 Å². The molecule has 0 fully saturated rings. The predicted molar refractivity (Wildman–Crippen MR) is 120 cm³/mol. The molecule has 2 aromatic rings. The molecular weight excluding hydrogens is 398 g/mol. The number of benzene rings is 2. The van der Waals surface area contributed by atoms with E-state index in [1.165, 1.54) is 0 Å². The first-order valence-corrected chi connectivity index (χ1v) is 10.3. The number of nitrogens with one attached hydrogen (secondary N) is 1. The van der Waals surface area contributed by atoms with Crippen molar-refractivity contribution >= 4 is 5.91 Å². The standard InChI is InChI=1S/C24H33NO6/c1-16(2)9-10-31-19-8-7-17(11-20(19)27-3)15-25-23(26)14-18-12-21(28-4)24(30-6)22(13-18)29-5/h7-8,11-13,16H,9-10,14-15H2,1-6H3,(H,25,26). The van der Waals surface area contributed by atoms with Gasteiger partial charge in [-0.05, 0) is 47.7 Å². The summed E-state index contributed by atoms with van der Waals surface area (Å²) in [5.74, 6) is 3.34. The van der Waals surface area contributed by atoms with Crippen LogP contribution in [0.1, 0.15) is 31.4 Å². The third-order valence-electron chi connectivity index (χ3n) is 4.76. The molecule has 2 rings (SSSR count). The van der Waals surface area contributed by atoms with Crippen molar-refractivity contribution in [1.29, 1.82) is 0 Å².